The van der Waals surface area contributed by atoms with Crippen molar-refractivity contribution in [3.05, 3.63) is 48.8 Å². The maximum absolute atomic E-state index is 9.34. The van der Waals surface area contributed by atoms with Gasteiger partial charge in [0.25, 0.3) is 0 Å². The van der Waals surface area contributed by atoms with Gasteiger partial charge in [0, 0.05) is 29.4 Å². The highest BCUT2D eigenvalue weighted by Gasteiger charge is 2.06. The number of aromatic nitrogens is 1. The van der Waals surface area contributed by atoms with Crippen LogP contribution in [-0.2, 0) is 0 Å². The van der Waals surface area contributed by atoms with E-state index in [0.717, 1.165) is 16.7 Å². The predicted octanol–water partition coefficient (Wildman–Crippen LogP) is 3.20. The van der Waals surface area contributed by atoms with Crippen molar-refractivity contribution in [1.29, 1.82) is 0 Å². The maximum Gasteiger partial charge on any atom is 0.138 e. The molecular formula is C13H9NO2. The smallest absolute Gasteiger partial charge is 0.138 e. The van der Waals surface area contributed by atoms with E-state index in [-0.39, 0.29) is 5.75 Å². The van der Waals surface area contributed by atoms with E-state index in [1.165, 1.54) is 0 Å². The molecule has 0 radical (unpaired) electrons. The molecule has 1 N–H and O–H groups in total. The highest BCUT2D eigenvalue weighted by molar-refractivity contribution is 5.83. The minimum atomic E-state index is 0.208. The lowest BCUT2D eigenvalue weighted by molar-refractivity contribution is 0.474. The zero-order valence-corrected chi connectivity index (χ0v) is 8.42. The number of phenolic OH excluding ortho intramolecular Hbond substituents is 1. The second kappa shape index (κ2) is 3.38. The highest BCUT2D eigenvalue weighted by atomic mass is 16.3. The van der Waals surface area contributed by atoms with Gasteiger partial charge in [0.15, 0.2) is 0 Å². The number of pyridine rings is 1. The third kappa shape index (κ3) is 1.42. The van der Waals surface area contributed by atoms with Crippen LogP contribution in [0.3, 0.4) is 0 Å². The third-order valence-corrected chi connectivity index (χ3v) is 2.45. The Balaban J connectivity index is 2.19. The van der Waals surface area contributed by atoms with Crippen LogP contribution in [0.5, 0.6) is 5.75 Å². The Morgan fingerprint density at radius 2 is 2.06 bits per heavy atom. The number of nitrogens with zero attached hydrogens (tertiary/aromatic N) is 1. The zero-order chi connectivity index (χ0) is 11.0. The average molecular weight is 211 g/mol. The first-order chi connectivity index (χ1) is 7.83. The normalized spacial score (nSPS) is 10.8. The first kappa shape index (κ1) is 8.97. The first-order valence-corrected chi connectivity index (χ1v) is 4.96. The topological polar surface area (TPSA) is 46.3 Å². The van der Waals surface area contributed by atoms with E-state index in [9.17, 15) is 5.11 Å². The average Bonchev–Trinajstić information content (AvgIpc) is 2.73. The van der Waals surface area contributed by atoms with Crippen LogP contribution in [0.2, 0.25) is 0 Å². The fourth-order valence-electron chi connectivity index (χ4n) is 1.67. The number of aromatic hydroxyl groups is 1. The summed E-state index contributed by atoms with van der Waals surface area (Å²) in [6.07, 6.45) is 3.47. The van der Waals surface area contributed by atoms with Crippen LogP contribution in [0, 0.1) is 0 Å². The van der Waals surface area contributed by atoms with Crippen molar-refractivity contribution in [3.63, 3.8) is 0 Å². The van der Waals surface area contributed by atoms with Gasteiger partial charge in [-0.05, 0) is 30.3 Å². The van der Waals surface area contributed by atoms with Gasteiger partial charge in [-0.15, -0.1) is 0 Å². The molecule has 0 aliphatic carbocycles. The molecule has 2 aromatic heterocycles. The van der Waals surface area contributed by atoms with E-state index < -0.39 is 0 Å². The molecule has 78 valence electrons. The number of hydrogen-bond acceptors (Lipinski definition) is 3. The maximum atomic E-state index is 9.34. The van der Waals surface area contributed by atoms with Crippen molar-refractivity contribution in [2.24, 2.45) is 0 Å². The Morgan fingerprint density at radius 3 is 2.88 bits per heavy atom. The van der Waals surface area contributed by atoms with Crippen LogP contribution in [-0.4, -0.2) is 10.1 Å². The number of benzene rings is 1. The molecule has 0 unspecified atom stereocenters. The molecule has 0 bridgehead atoms. The summed E-state index contributed by atoms with van der Waals surface area (Å²) in [5.74, 6) is 0.966. The zero-order valence-electron chi connectivity index (χ0n) is 8.42. The second-order valence-electron chi connectivity index (χ2n) is 3.57. The molecule has 0 spiro atoms. The van der Waals surface area contributed by atoms with E-state index in [4.69, 9.17) is 4.42 Å². The minimum absolute atomic E-state index is 0.208. The summed E-state index contributed by atoms with van der Waals surface area (Å²) < 4.78 is 5.63. The Hall–Kier alpha value is -2.29. The van der Waals surface area contributed by atoms with Gasteiger partial charge in [-0.1, -0.05) is 0 Å². The van der Waals surface area contributed by atoms with Crippen LogP contribution in [0.1, 0.15) is 0 Å². The molecule has 0 aliphatic heterocycles. The first-order valence-electron chi connectivity index (χ1n) is 4.96. The van der Waals surface area contributed by atoms with Crippen LogP contribution in [0.4, 0.5) is 0 Å². The summed E-state index contributed by atoms with van der Waals surface area (Å²) in [5.41, 5.74) is 1.61. The molecular weight excluding hydrogens is 202 g/mol. The fourth-order valence-corrected chi connectivity index (χ4v) is 1.67. The number of phenols is 1. The third-order valence-electron chi connectivity index (χ3n) is 2.45. The van der Waals surface area contributed by atoms with Crippen molar-refractivity contribution < 1.29 is 9.52 Å². The SMILES string of the molecule is Oc1ccc2cc(-c3cccnc3)oc2c1. The van der Waals surface area contributed by atoms with Crippen molar-refractivity contribution >= 4 is 11.0 Å². The molecule has 2 heterocycles. The Morgan fingerprint density at radius 1 is 1.12 bits per heavy atom. The van der Waals surface area contributed by atoms with Crippen molar-refractivity contribution in [3.8, 4) is 17.1 Å². The number of fused-ring (bicyclic) bond motifs is 1. The molecule has 16 heavy (non-hydrogen) atoms. The summed E-state index contributed by atoms with van der Waals surface area (Å²) in [4.78, 5) is 4.04. The van der Waals surface area contributed by atoms with Gasteiger partial charge in [-0.2, -0.15) is 0 Å². The van der Waals surface area contributed by atoms with Gasteiger partial charge < -0.3 is 9.52 Å². The molecule has 0 amide bonds. The molecule has 0 atom stereocenters. The molecule has 3 aromatic rings. The Labute approximate surface area is 92.0 Å². The molecule has 1 aromatic carbocycles. The molecule has 0 saturated heterocycles. The Kier molecular flexibility index (Phi) is 1.90. The monoisotopic (exact) mass is 211 g/mol. The number of rotatable bonds is 1. The van der Waals surface area contributed by atoms with Crippen LogP contribution in [0.25, 0.3) is 22.3 Å². The van der Waals surface area contributed by atoms with Crippen molar-refractivity contribution in [2.75, 3.05) is 0 Å². The van der Waals surface area contributed by atoms with E-state index >= 15 is 0 Å². The number of furan rings is 1. The summed E-state index contributed by atoms with van der Waals surface area (Å²) in [6, 6.07) is 10.8. The van der Waals surface area contributed by atoms with Gasteiger partial charge in [0.2, 0.25) is 0 Å². The predicted molar refractivity (Wildman–Crippen MR) is 61.1 cm³/mol. The fraction of sp³-hybridized carbons (Fsp3) is 0. The molecule has 3 heteroatoms. The molecule has 3 nitrogen and oxygen atoms in total. The molecule has 3 rings (SSSR count). The number of hydrogen-bond donors (Lipinski definition) is 1. The summed E-state index contributed by atoms with van der Waals surface area (Å²) in [7, 11) is 0. The van der Waals surface area contributed by atoms with E-state index in [0.29, 0.717) is 5.58 Å². The van der Waals surface area contributed by atoms with Gasteiger partial charge >= 0.3 is 0 Å². The van der Waals surface area contributed by atoms with Gasteiger partial charge in [-0.25, -0.2) is 0 Å². The van der Waals surface area contributed by atoms with Gasteiger partial charge in [-0.3, -0.25) is 4.98 Å². The molecule has 0 saturated carbocycles. The second-order valence-corrected chi connectivity index (χ2v) is 3.57. The minimum Gasteiger partial charge on any atom is -0.508 e. The highest BCUT2D eigenvalue weighted by Crippen LogP contribution is 2.29. The Bertz CT molecular complexity index is 629. The lowest BCUT2D eigenvalue weighted by Crippen LogP contribution is -1.73. The van der Waals surface area contributed by atoms with Crippen LogP contribution < -0.4 is 0 Å². The van der Waals surface area contributed by atoms with Gasteiger partial charge in [0.1, 0.15) is 17.1 Å². The van der Waals surface area contributed by atoms with Gasteiger partial charge in [0.05, 0.1) is 0 Å². The summed E-state index contributed by atoms with van der Waals surface area (Å²) in [6.45, 7) is 0. The van der Waals surface area contributed by atoms with E-state index in [2.05, 4.69) is 4.98 Å². The van der Waals surface area contributed by atoms with Crippen molar-refractivity contribution in [1.82, 2.24) is 4.98 Å². The molecule has 0 fully saturated rings. The van der Waals surface area contributed by atoms with Crippen molar-refractivity contribution in [2.45, 2.75) is 0 Å². The molecule has 0 aliphatic rings. The van der Waals surface area contributed by atoms with E-state index in [1.54, 1.807) is 24.5 Å². The lowest BCUT2D eigenvalue weighted by Gasteiger charge is -1.93. The summed E-state index contributed by atoms with van der Waals surface area (Å²) >= 11 is 0. The summed E-state index contributed by atoms with van der Waals surface area (Å²) in [5, 5.41) is 10.3. The van der Waals surface area contributed by atoms with Crippen LogP contribution in [0.15, 0.2) is 53.2 Å². The van der Waals surface area contributed by atoms with E-state index in [1.807, 2.05) is 24.3 Å². The lowest BCUT2D eigenvalue weighted by atomic mass is 10.2. The standard InChI is InChI=1S/C13H9NO2/c15-11-4-3-9-6-12(16-13(9)7-11)10-2-1-5-14-8-10/h1-8,15H. The quantitative estimate of drug-likeness (QED) is 0.672. The largest absolute Gasteiger partial charge is 0.508 e. The van der Waals surface area contributed by atoms with Crippen LogP contribution >= 0.6 is 0 Å².